The second-order valence-electron chi connectivity index (χ2n) is 7.12. The average molecular weight is 415 g/mol. The van der Waals surface area contributed by atoms with Gasteiger partial charge < -0.3 is 14.4 Å². The average Bonchev–Trinajstić information content (AvgIpc) is 3.04. The zero-order valence-corrected chi connectivity index (χ0v) is 16.4. The van der Waals surface area contributed by atoms with Gasteiger partial charge in [0.25, 0.3) is 0 Å². The van der Waals surface area contributed by atoms with Gasteiger partial charge in [-0.15, -0.1) is 10.2 Å². The van der Waals surface area contributed by atoms with Gasteiger partial charge in [-0.3, -0.25) is 0 Å². The lowest BCUT2D eigenvalue weighted by Crippen LogP contribution is -2.31. The second-order valence-corrected chi connectivity index (χ2v) is 7.12. The first-order chi connectivity index (χ1) is 13.9. The van der Waals surface area contributed by atoms with Crippen LogP contribution in [-0.4, -0.2) is 33.7 Å². The van der Waals surface area contributed by atoms with Crippen LogP contribution in [0.3, 0.4) is 0 Å². The molecule has 0 unspecified atom stereocenters. The Bertz CT molecular complexity index is 1110. The van der Waals surface area contributed by atoms with Crippen LogP contribution >= 0.6 is 0 Å². The van der Waals surface area contributed by atoms with Crippen molar-refractivity contribution < 1.29 is 27.8 Å². The largest absolute Gasteiger partial charge is 0.480 e. The molecule has 0 spiro atoms. The van der Waals surface area contributed by atoms with E-state index < -0.39 is 23.3 Å². The van der Waals surface area contributed by atoms with Gasteiger partial charge in [-0.1, -0.05) is 29.7 Å². The maximum absolute atomic E-state index is 13.4. The number of hydrogen-bond donors (Lipinski definition) is 1. The van der Waals surface area contributed by atoms with Gasteiger partial charge >= 0.3 is 12.1 Å². The van der Waals surface area contributed by atoms with Crippen molar-refractivity contribution in [3.05, 3.63) is 59.4 Å². The molecule has 30 heavy (non-hydrogen) atoms. The van der Waals surface area contributed by atoms with E-state index in [2.05, 4.69) is 10.2 Å². The molecule has 0 saturated carbocycles. The van der Waals surface area contributed by atoms with Crippen LogP contribution in [0.2, 0.25) is 0 Å². The van der Waals surface area contributed by atoms with Crippen LogP contribution in [0, 0.1) is 0 Å². The Hall–Kier alpha value is -3.30. The maximum Gasteiger partial charge on any atom is 0.417 e. The van der Waals surface area contributed by atoms with Gasteiger partial charge in [0.15, 0.2) is 17.2 Å². The van der Waals surface area contributed by atoms with E-state index >= 15 is 0 Å². The number of alkyl halides is 3. The molecule has 10 heteroatoms. The summed E-state index contributed by atoms with van der Waals surface area (Å²) >= 11 is 0. The number of aromatic nitrogens is 3. The lowest BCUT2D eigenvalue weighted by molar-refractivity contribution is -0.137. The lowest BCUT2D eigenvalue weighted by Gasteiger charge is -2.27. The van der Waals surface area contributed by atoms with Crippen molar-refractivity contribution in [2.24, 2.45) is 7.05 Å². The smallest absolute Gasteiger partial charge is 0.417 e. The summed E-state index contributed by atoms with van der Waals surface area (Å²) in [5.41, 5.74) is -1.95. The van der Waals surface area contributed by atoms with Gasteiger partial charge in [0.05, 0.1) is 11.1 Å². The summed E-state index contributed by atoms with van der Waals surface area (Å²) in [6.45, 7) is 3.31. The van der Waals surface area contributed by atoms with Crippen molar-refractivity contribution in [2.75, 3.05) is 0 Å². The van der Waals surface area contributed by atoms with Gasteiger partial charge in [0, 0.05) is 12.6 Å². The summed E-state index contributed by atoms with van der Waals surface area (Å²) in [7, 11) is 7.43. The number of carboxylic acids is 1. The number of hydrogen-bond acceptors (Lipinski definition) is 4. The highest BCUT2D eigenvalue weighted by Crippen LogP contribution is 2.37. The quantitative estimate of drug-likeness (QED) is 0.648. The highest BCUT2D eigenvalue weighted by atomic mass is 19.4. The van der Waals surface area contributed by atoms with Crippen molar-refractivity contribution in [3.8, 4) is 17.1 Å². The van der Waals surface area contributed by atoms with E-state index in [4.69, 9.17) is 17.7 Å². The van der Waals surface area contributed by atoms with E-state index in [1.165, 1.54) is 41.0 Å². The molecule has 2 aromatic carbocycles. The maximum atomic E-state index is 13.4. The number of halogens is 3. The minimum atomic E-state index is -4.55. The van der Waals surface area contributed by atoms with Crippen molar-refractivity contribution in [1.82, 2.24) is 14.8 Å². The first-order valence-corrected chi connectivity index (χ1v) is 8.80. The molecule has 1 heterocycles. The van der Waals surface area contributed by atoms with Crippen LogP contribution in [0.5, 0.6) is 5.75 Å². The highest BCUT2D eigenvalue weighted by Gasteiger charge is 2.36. The number of carboxylic acid groups (broad SMARTS) is 1. The zero-order valence-electron chi connectivity index (χ0n) is 16.4. The molecule has 0 saturated heterocycles. The van der Waals surface area contributed by atoms with Crippen molar-refractivity contribution in [3.63, 3.8) is 0 Å². The third-order valence-corrected chi connectivity index (χ3v) is 4.51. The fourth-order valence-corrected chi connectivity index (χ4v) is 3.11. The summed E-state index contributed by atoms with van der Waals surface area (Å²) in [5, 5.41) is 17.0. The fourth-order valence-electron chi connectivity index (χ4n) is 3.11. The molecule has 0 fully saturated rings. The molecule has 0 atom stereocenters. The molecule has 0 aliphatic carbocycles. The molecular weight excluding hydrogens is 398 g/mol. The molecule has 2 radical (unpaired) electrons. The lowest BCUT2D eigenvalue weighted by atomic mass is 9.92. The third kappa shape index (κ3) is 4.03. The van der Waals surface area contributed by atoms with Crippen LogP contribution in [0.4, 0.5) is 13.2 Å². The molecule has 1 N–H and O–H groups in total. The predicted molar refractivity (Wildman–Crippen MR) is 104 cm³/mol. The molecule has 154 valence electrons. The summed E-state index contributed by atoms with van der Waals surface area (Å²) in [6, 6.07) is 9.12. The SMILES string of the molecule is [B]c1cc(C(=O)O)ccc1OC(C)(C)c1nnc(-c2ccccc2C(F)(F)F)n1C. The van der Waals surface area contributed by atoms with E-state index in [-0.39, 0.29) is 34.0 Å². The van der Waals surface area contributed by atoms with Crippen LogP contribution < -0.4 is 10.2 Å². The molecule has 0 aliphatic heterocycles. The normalized spacial score (nSPS) is 12.1. The van der Waals surface area contributed by atoms with Gasteiger partial charge in [0.1, 0.15) is 13.6 Å². The molecule has 0 bridgehead atoms. The minimum Gasteiger partial charge on any atom is -0.480 e. The summed E-state index contributed by atoms with van der Waals surface area (Å²) in [4.78, 5) is 11.1. The summed E-state index contributed by atoms with van der Waals surface area (Å²) < 4.78 is 47.5. The molecule has 6 nitrogen and oxygen atoms in total. The van der Waals surface area contributed by atoms with Gasteiger partial charge in [-0.25, -0.2) is 4.79 Å². The molecule has 1 aromatic heterocycles. The zero-order chi connectivity index (χ0) is 22.3. The molecule has 0 aliphatic rings. The molecule has 3 aromatic rings. The number of carbonyl (C=O) groups is 1. The van der Waals surface area contributed by atoms with Gasteiger partial charge in [0.2, 0.25) is 0 Å². The van der Waals surface area contributed by atoms with Crippen LogP contribution in [0.15, 0.2) is 42.5 Å². The first kappa shape index (κ1) is 21.4. The predicted octanol–water partition coefficient (Wildman–Crippen LogP) is 3.31. The number of ether oxygens (including phenoxy) is 1. The molecule has 3 rings (SSSR count). The van der Waals surface area contributed by atoms with E-state index in [1.54, 1.807) is 20.9 Å². The topological polar surface area (TPSA) is 77.2 Å². The van der Waals surface area contributed by atoms with E-state index in [1.807, 2.05) is 0 Å². The van der Waals surface area contributed by atoms with Crippen LogP contribution in [0.25, 0.3) is 11.4 Å². The Balaban J connectivity index is 1.99. The van der Waals surface area contributed by atoms with E-state index in [0.29, 0.717) is 0 Å². The van der Waals surface area contributed by atoms with Crippen molar-refractivity contribution in [1.29, 1.82) is 0 Å². The Labute approximate surface area is 171 Å². The third-order valence-electron chi connectivity index (χ3n) is 4.51. The van der Waals surface area contributed by atoms with E-state index in [0.717, 1.165) is 6.07 Å². The van der Waals surface area contributed by atoms with Gasteiger partial charge in [-0.2, -0.15) is 13.2 Å². The standard InChI is InChI=1S/C20H17BF3N3O3/c1-19(2,30-15-9-8-11(17(28)29)10-14(15)21)18-26-25-16(27(18)3)12-6-4-5-7-13(12)20(22,23)24/h4-10H,1-3H3,(H,28,29). The second kappa shape index (κ2) is 7.51. The first-order valence-electron chi connectivity index (χ1n) is 8.80. The summed E-state index contributed by atoms with van der Waals surface area (Å²) in [5.74, 6) is -0.626. The number of rotatable bonds is 5. The van der Waals surface area contributed by atoms with Crippen molar-refractivity contribution in [2.45, 2.75) is 25.6 Å². The Morgan fingerprint density at radius 3 is 2.40 bits per heavy atom. The summed E-state index contributed by atoms with van der Waals surface area (Å²) in [6.07, 6.45) is -4.55. The highest BCUT2D eigenvalue weighted by molar-refractivity contribution is 6.34. The fraction of sp³-hybridized carbons (Fsp3) is 0.250. The molecular formula is C20H17BF3N3O3. The Morgan fingerprint density at radius 2 is 1.80 bits per heavy atom. The Morgan fingerprint density at radius 1 is 1.13 bits per heavy atom. The number of benzene rings is 2. The Kier molecular flexibility index (Phi) is 5.36. The molecule has 0 amide bonds. The monoisotopic (exact) mass is 415 g/mol. The van der Waals surface area contributed by atoms with Crippen LogP contribution in [0.1, 0.15) is 35.6 Å². The number of aromatic carboxylic acids is 1. The van der Waals surface area contributed by atoms with Crippen molar-refractivity contribution >= 4 is 19.3 Å². The van der Waals surface area contributed by atoms with Gasteiger partial charge in [-0.05, 0) is 32.0 Å². The van der Waals surface area contributed by atoms with Crippen LogP contribution in [-0.2, 0) is 18.8 Å². The minimum absolute atomic E-state index is 0.00218. The number of nitrogens with zero attached hydrogens (tertiary/aromatic N) is 3. The van der Waals surface area contributed by atoms with E-state index in [9.17, 15) is 18.0 Å².